The van der Waals surface area contributed by atoms with Gasteiger partial charge >= 0.3 is 0 Å². The van der Waals surface area contributed by atoms with Gasteiger partial charge in [-0.2, -0.15) is 0 Å². The van der Waals surface area contributed by atoms with Gasteiger partial charge in [-0.1, -0.05) is 13.8 Å². The van der Waals surface area contributed by atoms with E-state index < -0.39 is 0 Å². The van der Waals surface area contributed by atoms with Crippen molar-refractivity contribution < 1.29 is 4.79 Å². The summed E-state index contributed by atoms with van der Waals surface area (Å²) in [6.07, 6.45) is 3.68. The Balaban J connectivity index is 1.90. The Labute approximate surface area is 92.0 Å². The number of piperidine rings is 1. The second-order valence-electron chi connectivity index (χ2n) is 5.26. The molecule has 86 valence electrons. The van der Waals surface area contributed by atoms with Gasteiger partial charge in [0.25, 0.3) is 0 Å². The molecule has 2 aliphatic rings. The maximum absolute atomic E-state index is 11.6. The van der Waals surface area contributed by atoms with Crippen LogP contribution in [0.15, 0.2) is 0 Å². The first kappa shape index (κ1) is 10.9. The van der Waals surface area contributed by atoms with Crippen LogP contribution < -0.4 is 10.6 Å². The molecule has 2 rings (SSSR count). The van der Waals surface area contributed by atoms with Crippen LogP contribution in [0.2, 0.25) is 0 Å². The summed E-state index contributed by atoms with van der Waals surface area (Å²) in [5, 5.41) is 6.65. The average Bonchev–Trinajstić information content (AvgIpc) is 2.62. The Morgan fingerprint density at radius 2 is 2.13 bits per heavy atom. The zero-order valence-corrected chi connectivity index (χ0v) is 9.75. The summed E-state index contributed by atoms with van der Waals surface area (Å²) in [6, 6.07) is 0.451. The first-order valence-electron chi connectivity index (χ1n) is 6.19. The predicted molar refractivity (Wildman–Crippen MR) is 60.5 cm³/mol. The Bertz CT molecular complexity index is 240. The molecule has 2 fully saturated rings. The van der Waals surface area contributed by atoms with Crippen LogP contribution in [0.3, 0.4) is 0 Å². The minimum absolute atomic E-state index is 0.116. The second kappa shape index (κ2) is 4.52. The molecule has 3 heteroatoms. The van der Waals surface area contributed by atoms with Crippen LogP contribution in [0.1, 0.15) is 33.1 Å². The molecule has 0 bridgehead atoms. The summed E-state index contributed by atoms with van der Waals surface area (Å²) < 4.78 is 0. The molecule has 0 aromatic heterocycles. The summed E-state index contributed by atoms with van der Waals surface area (Å²) in [5.74, 6) is 1.87. The third-order valence-corrected chi connectivity index (χ3v) is 3.88. The molecule has 0 radical (unpaired) electrons. The van der Waals surface area contributed by atoms with Gasteiger partial charge in [-0.25, -0.2) is 0 Å². The fourth-order valence-corrected chi connectivity index (χ4v) is 2.93. The lowest BCUT2D eigenvalue weighted by Crippen LogP contribution is -2.45. The molecule has 1 amide bonds. The monoisotopic (exact) mass is 210 g/mol. The van der Waals surface area contributed by atoms with Crippen LogP contribution in [0.5, 0.6) is 0 Å². The van der Waals surface area contributed by atoms with Crippen molar-refractivity contribution in [2.45, 2.75) is 39.2 Å². The molecule has 0 spiro atoms. The zero-order chi connectivity index (χ0) is 10.8. The normalized spacial score (nSPS) is 35.3. The number of amides is 1. The molecular formula is C12H22N2O. The summed E-state index contributed by atoms with van der Waals surface area (Å²) in [5.41, 5.74) is 0. The van der Waals surface area contributed by atoms with Crippen molar-refractivity contribution in [1.82, 2.24) is 10.6 Å². The van der Waals surface area contributed by atoms with Gasteiger partial charge in [-0.3, -0.25) is 4.79 Å². The molecule has 1 heterocycles. The topological polar surface area (TPSA) is 41.1 Å². The maximum atomic E-state index is 11.6. The lowest BCUT2D eigenvalue weighted by molar-refractivity contribution is -0.125. The largest absolute Gasteiger partial charge is 0.353 e. The predicted octanol–water partition coefficient (Wildman–Crippen LogP) is 1.15. The first-order valence-corrected chi connectivity index (χ1v) is 6.19. The van der Waals surface area contributed by atoms with Crippen molar-refractivity contribution in [2.24, 2.45) is 17.8 Å². The zero-order valence-electron chi connectivity index (χ0n) is 9.75. The van der Waals surface area contributed by atoms with Crippen LogP contribution in [0.25, 0.3) is 0 Å². The van der Waals surface area contributed by atoms with E-state index in [-0.39, 0.29) is 11.8 Å². The number of hydrogen-bond donors (Lipinski definition) is 2. The molecule has 1 saturated heterocycles. The van der Waals surface area contributed by atoms with Crippen LogP contribution >= 0.6 is 0 Å². The number of rotatable bonds is 2. The van der Waals surface area contributed by atoms with Crippen LogP contribution in [-0.4, -0.2) is 25.0 Å². The van der Waals surface area contributed by atoms with Crippen molar-refractivity contribution in [3.8, 4) is 0 Å². The molecule has 3 unspecified atom stereocenters. The maximum Gasteiger partial charge on any atom is 0.222 e. The van der Waals surface area contributed by atoms with E-state index in [1.54, 1.807) is 0 Å². The fraction of sp³-hybridized carbons (Fsp3) is 0.917. The number of nitrogens with one attached hydrogen (secondary N) is 2. The summed E-state index contributed by atoms with van der Waals surface area (Å²) in [4.78, 5) is 11.6. The van der Waals surface area contributed by atoms with E-state index in [0.717, 1.165) is 24.9 Å². The SMILES string of the molecule is CC(C)C(=O)NC1CCC2CNCCC21. The van der Waals surface area contributed by atoms with Gasteiger partial charge in [0, 0.05) is 12.0 Å². The van der Waals surface area contributed by atoms with Gasteiger partial charge in [0.05, 0.1) is 0 Å². The molecule has 0 aromatic carbocycles. The lowest BCUT2D eigenvalue weighted by Gasteiger charge is -2.30. The molecule has 1 aliphatic heterocycles. The number of carbonyl (C=O) groups is 1. The summed E-state index contributed by atoms with van der Waals surface area (Å²) >= 11 is 0. The number of hydrogen-bond acceptors (Lipinski definition) is 2. The Kier molecular flexibility index (Phi) is 3.29. The fourth-order valence-electron chi connectivity index (χ4n) is 2.93. The third kappa shape index (κ3) is 2.33. The second-order valence-corrected chi connectivity index (χ2v) is 5.26. The van der Waals surface area contributed by atoms with Crippen molar-refractivity contribution >= 4 is 5.91 Å². The molecule has 3 nitrogen and oxygen atoms in total. The molecule has 15 heavy (non-hydrogen) atoms. The molecular weight excluding hydrogens is 188 g/mol. The first-order chi connectivity index (χ1) is 7.18. The van der Waals surface area contributed by atoms with Gasteiger partial charge in [0.2, 0.25) is 5.91 Å². The Hall–Kier alpha value is -0.570. The highest BCUT2D eigenvalue weighted by molar-refractivity contribution is 5.78. The third-order valence-electron chi connectivity index (χ3n) is 3.88. The molecule has 3 atom stereocenters. The standard InChI is InChI=1S/C12H22N2O/c1-8(2)12(15)14-11-4-3-9-7-13-6-5-10(9)11/h8-11,13H,3-7H2,1-2H3,(H,14,15). The van der Waals surface area contributed by atoms with Gasteiger partial charge < -0.3 is 10.6 Å². The van der Waals surface area contributed by atoms with Crippen molar-refractivity contribution in [3.05, 3.63) is 0 Å². The smallest absolute Gasteiger partial charge is 0.222 e. The minimum Gasteiger partial charge on any atom is -0.353 e. The van der Waals surface area contributed by atoms with E-state index in [4.69, 9.17) is 0 Å². The van der Waals surface area contributed by atoms with Gasteiger partial charge in [0.15, 0.2) is 0 Å². The van der Waals surface area contributed by atoms with Crippen molar-refractivity contribution in [1.29, 1.82) is 0 Å². The van der Waals surface area contributed by atoms with Crippen LogP contribution in [0.4, 0.5) is 0 Å². The molecule has 1 saturated carbocycles. The lowest BCUT2D eigenvalue weighted by atomic mass is 9.87. The van der Waals surface area contributed by atoms with Crippen LogP contribution in [0, 0.1) is 17.8 Å². The van der Waals surface area contributed by atoms with Crippen LogP contribution in [-0.2, 0) is 4.79 Å². The quantitative estimate of drug-likeness (QED) is 0.718. The highest BCUT2D eigenvalue weighted by Crippen LogP contribution is 2.35. The van der Waals surface area contributed by atoms with E-state index >= 15 is 0 Å². The van der Waals surface area contributed by atoms with E-state index in [2.05, 4.69) is 10.6 Å². The molecule has 0 aromatic rings. The van der Waals surface area contributed by atoms with Gasteiger partial charge in [-0.05, 0) is 44.2 Å². The highest BCUT2D eigenvalue weighted by atomic mass is 16.1. The molecule has 2 N–H and O–H groups in total. The average molecular weight is 210 g/mol. The minimum atomic E-state index is 0.116. The highest BCUT2D eigenvalue weighted by Gasteiger charge is 2.38. The van der Waals surface area contributed by atoms with Crippen molar-refractivity contribution in [3.63, 3.8) is 0 Å². The van der Waals surface area contributed by atoms with Crippen molar-refractivity contribution in [2.75, 3.05) is 13.1 Å². The summed E-state index contributed by atoms with van der Waals surface area (Å²) in [6.45, 7) is 6.20. The molecule has 1 aliphatic carbocycles. The van der Waals surface area contributed by atoms with E-state index in [1.807, 2.05) is 13.8 Å². The van der Waals surface area contributed by atoms with Gasteiger partial charge in [0.1, 0.15) is 0 Å². The Morgan fingerprint density at radius 3 is 2.87 bits per heavy atom. The van der Waals surface area contributed by atoms with E-state index in [9.17, 15) is 4.79 Å². The number of carbonyl (C=O) groups excluding carboxylic acids is 1. The van der Waals surface area contributed by atoms with Gasteiger partial charge in [-0.15, -0.1) is 0 Å². The van der Waals surface area contributed by atoms with E-state index in [1.165, 1.54) is 19.3 Å². The number of fused-ring (bicyclic) bond motifs is 1. The summed E-state index contributed by atoms with van der Waals surface area (Å²) in [7, 11) is 0. The van der Waals surface area contributed by atoms with E-state index in [0.29, 0.717) is 6.04 Å². The Morgan fingerprint density at radius 1 is 1.33 bits per heavy atom.